The van der Waals surface area contributed by atoms with Crippen molar-refractivity contribution in [1.29, 1.82) is 0 Å². The van der Waals surface area contributed by atoms with Crippen molar-refractivity contribution in [3.05, 3.63) is 53.6 Å². The number of aryl methyl sites for hydroxylation is 2. The Morgan fingerprint density at radius 2 is 2.09 bits per heavy atom. The van der Waals surface area contributed by atoms with Crippen LogP contribution in [0.3, 0.4) is 0 Å². The topological polar surface area (TPSA) is 106 Å². The van der Waals surface area contributed by atoms with Crippen molar-refractivity contribution in [2.75, 3.05) is 20.3 Å². The van der Waals surface area contributed by atoms with Crippen LogP contribution in [0.15, 0.2) is 47.4 Å². The van der Waals surface area contributed by atoms with Gasteiger partial charge < -0.3 is 10.1 Å². The first-order chi connectivity index (χ1) is 15.9. The zero-order chi connectivity index (χ0) is 23.4. The molecule has 1 N–H and O–H groups in total. The highest BCUT2D eigenvalue weighted by molar-refractivity contribution is 7.89. The van der Waals surface area contributed by atoms with E-state index in [4.69, 9.17) is 4.74 Å². The summed E-state index contributed by atoms with van der Waals surface area (Å²) in [5.74, 6) is -0.275. The maximum absolute atomic E-state index is 13.4. The van der Waals surface area contributed by atoms with Gasteiger partial charge in [0.25, 0.3) is 0 Å². The Balaban J connectivity index is 1.49. The van der Waals surface area contributed by atoms with Gasteiger partial charge >= 0.3 is 0 Å². The van der Waals surface area contributed by atoms with E-state index in [1.54, 1.807) is 23.9 Å². The number of hydrogen-bond donors (Lipinski definition) is 1. The Labute approximate surface area is 193 Å². The van der Waals surface area contributed by atoms with E-state index in [9.17, 15) is 13.2 Å². The lowest BCUT2D eigenvalue weighted by atomic mass is 10.1. The maximum atomic E-state index is 13.4. The smallest absolute Gasteiger partial charge is 0.243 e. The Morgan fingerprint density at radius 3 is 2.88 bits per heavy atom. The molecule has 3 aromatic rings. The monoisotopic (exact) mass is 471 g/mol. The fourth-order valence-electron chi connectivity index (χ4n) is 4.19. The van der Waals surface area contributed by atoms with Gasteiger partial charge in [-0.05, 0) is 49.9 Å². The fraction of sp³-hybridized carbons (Fsp3) is 0.435. The summed E-state index contributed by atoms with van der Waals surface area (Å²) in [5.41, 5.74) is 3.36. The zero-order valence-electron chi connectivity index (χ0n) is 18.9. The number of carbonyl (C=O) groups is 1. The van der Waals surface area contributed by atoms with Crippen LogP contribution < -0.4 is 5.32 Å². The van der Waals surface area contributed by atoms with E-state index >= 15 is 0 Å². The van der Waals surface area contributed by atoms with Crippen LogP contribution in [0.4, 0.5) is 0 Å². The molecule has 10 heteroatoms. The molecule has 9 nitrogen and oxygen atoms in total. The van der Waals surface area contributed by atoms with Crippen LogP contribution in [0.2, 0.25) is 0 Å². The number of hydrogen-bond acceptors (Lipinski definition) is 6. The van der Waals surface area contributed by atoms with Crippen LogP contribution in [-0.2, 0) is 32.6 Å². The highest BCUT2D eigenvalue weighted by Crippen LogP contribution is 2.28. The molecule has 1 amide bonds. The number of ether oxygens (including phenoxy) is 1. The van der Waals surface area contributed by atoms with Gasteiger partial charge in [0.05, 0.1) is 10.4 Å². The van der Waals surface area contributed by atoms with Crippen molar-refractivity contribution in [3.63, 3.8) is 0 Å². The van der Waals surface area contributed by atoms with Gasteiger partial charge in [0.15, 0.2) is 0 Å². The molecule has 4 rings (SSSR count). The standard InChI is InChI=1S/C23H29N5O4S/c1-17-6-3-7-18(14-17)16-24-23(29)22-8-4-12-28(22)33(30,31)19-9-10-21-20(15-19)25-26-27(21)11-5-13-32-2/h3,6-7,9-10,14-15,22H,4-5,8,11-13,16H2,1-2H3,(H,24,29)/t22-/m1/s1. The van der Waals surface area contributed by atoms with Crippen molar-refractivity contribution in [2.24, 2.45) is 0 Å². The molecule has 33 heavy (non-hydrogen) atoms. The molecule has 0 saturated carbocycles. The summed E-state index contributed by atoms with van der Waals surface area (Å²) in [5, 5.41) is 11.2. The molecule has 1 aromatic heterocycles. The second-order valence-electron chi connectivity index (χ2n) is 8.29. The summed E-state index contributed by atoms with van der Waals surface area (Å²) >= 11 is 0. The normalized spacial score (nSPS) is 17.0. The highest BCUT2D eigenvalue weighted by Gasteiger charge is 2.39. The molecule has 1 saturated heterocycles. The summed E-state index contributed by atoms with van der Waals surface area (Å²) in [4.78, 5) is 13.0. The third-order valence-corrected chi connectivity index (χ3v) is 7.77. The first-order valence-corrected chi connectivity index (χ1v) is 12.5. The van der Waals surface area contributed by atoms with E-state index in [1.807, 2.05) is 31.2 Å². The van der Waals surface area contributed by atoms with Gasteiger partial charge in [-0.25, -0.2) is 13.1 Å². The minimum Gasteiger partial charge on any atom is -0.385 e. The number of fused-ring (bicyclic) bond motifs is 1. The van der Waals surface area contributed by atoms with Gasteiger partial charge in [-0.15, -0.1) is 5.10 Å². The predicted octanol–water partition coefficient (Wildman–Crippen LogP) is 2.25. The molecule has 2 aromatic carbocycles. The van der Waals surface area contributed by atoms with E-state index in [0.717, 1.165) is 23.1 Å². The largest absolute Gasteiger partial charge is 0.385 e. The van der Waals surface area contributed by atoms with Crippen LogP contribution in [0.25, 0.3) is 11.0 Å². The number of sulfonamides is 1. The molecule has 1 aliphatic rings. The molecular formula is C23H29N5O4S. The van der Waals surface area contributed by atoms with E-state index < -0.39 is 16.1 Å². The van der Waals surface area contributed by atoms with E-state index in [0.29, 0.717) is 44.6 Å². The second kappa shape index (κ2) is 9.98. The number of carbonyl (C=O) groups excluding carboxylic acids is 1. The molecule has 0 radical (unpaired) electrons. The van der Waals surface area contributed by atoms with Gasteiger partial charge in [-0.1, -0.05) is 35.0 Å². The molecule has 0 unspecified atom stereocenters. The third kappa shape index (κ3) is 5.07. The first kappa shape index (κ1) is 23.3. The van der Waals surface area contributed by atoms with Crippen LogP contribution in [0.5, 0.6) is 0 Å². The summed E-state index contributed by atoms with van der Waals surface area (Å²) in [7, 11) is -2.21. The molecule has 1 atom stereocenters. The van der Waals surface area contributed by atoms with Crippen molar-refractivity contribution in [1.82, 2.24) is 24.6 Å². The van der Waals surface area contributed by atoms with Gasteiger partial charge in [-0.2, -0.15) is 4.31 Å². The number of benzene rings is 2. The minimum absolute atomic E-state index is 0.123. The first-order valence-electron chi connectivity index (χ1n) is 11.1. The van der Waals surface area contributed by atoms with Crippen LogP contribution in [0, 0.1) is 6.92 Å². The van der Waals surface area contributed by atoms with Gasteiger partial charge in [0, 0.05) is 33.4 Å². The van der Waals surface area contributed by atoms with Gasteiger partial charge in [0.2, 0.25) is 15.9 Å². The summed E-state index contributed by atoms with van der Waals surface area (Å²) in [6, 6.07) is 12.0. The lowest BCUT2D eigenvalue weighted by Gasteiger charge is -2.23. The van der Waals surface area contributed by atoms with E-state index in [2.05, 4.69) is 15.6 Å². The number of nitrogens with zero attached hydrogens (tertiary/aromatic N) is 4. The maximum Gasteiger partial charge on any atom is 0.243 e. The lowest BCUT2D eigenvalue weighted by Crippen LogP contribution is -2.45. The Morgan fingerprint density at radius 1 is 1.24 bits per heavy atom. The molecule has 176 valence electrons. The highest BCUT2D eigenvalue weighted by atomic mass is 32.2. The number of aromatic nitrogens is 3. The van der Waals surface area contributed by atoms with Crippen LogP contribution in [0.1, 0.15) is 30.4 Å². The average molecular weight is 472 g/mol. The van der Waals surface area contributed by atoms with Crippen molar-refractivity contribution < 1.29 is 17.9 Å². The average Bonchev–Trinajstić information content (AvgIpc) is 3.45. The third-order valence-electron chi connectivity index (χ3n) is 5.87. The van der Waals surface area contributed by atoms with E-state index in [-0.39, 0.29) is 10.8 Å². The molecule has 0 spiro atoms. The molecule has 0 aliphatic carbocycles. The van der Waals surface area contributed by atoms with Gasteiger partial charge in [0.1, 0.15) is 11.6 Å². The molecular weight excluding hydrogens is 442 g/mol. The number of amides is 1. The number of rotatable bonds is 9. The van der Waals surface area contributed by atoms with Crippen LogP contribution >= 0.6 is 0 Å². The Bertz CT molecular complexity index is 1240. The number of methoxy groups -OCH3 is 1. The molecule has 1 fully saturated rings. The van der Waals surface area contributed by atoms with Crippen LogP contribution in [-0.4, -0.2) is 59.9 Å². The fourth-order valence-corrected chi connectivity index (χ4v) is 5.87. The predicted molar refractivity (Wildman–Crippen MR) is 124 cm³/mol. The summed E-state index contributed by atoms with van der Waals surface area (Å²) < 4.78 is 34.9. The Hall–Kier alpha value is -2.82. The van der Waals surface area contributed by atoms with Crippen molar-refractivity contribution in [3.8, 4) is 0 Å². The quantitative estimate of drug-likeness (QED) is 0.480. The van der Waals surface area contributed by atoms with Crippen molar-refractivity contribution in [2.45, 2.75) is 50.2 Å². The van der Waals surface area contributed by atoms with Crippen molar-refractivity contribution >= 4 is 27.0 Å². The molecule has 2 heterocycles. The van der Waals surface area contributed by atoms with E-state index in [1.165, 1.54) is 10.4 Å². The summed E-state index contributed by atoms with van der Waals surface area (Å²) in [6.45, 7) is 3.91. The Kier molecular flexibility index (Phi) is 7.06. The second-order valence-corrected chi connectivity index (χ2v) is 10.2. The molecule has 1 aliphatic heterocycles. The minimum atomic E-state index is -3.85. The van der Waals surface area contributed by atoms with Gasteiger partial charge in [-0.3, -0.25) is 4.79 Å². The molecule has 0 bridgehead atoms. The zero-order valence-corrected chi connectivity index (χ0v) is 19.7. The summed E-state index contributed by atoms with van der Waals surface area (Å²) in [6.07, 6.45) is 1.92. The lowest BCUT2D eigenvalue weighted by molar-refractivity contribution is -0.124. The SMILES string of the molecule is COCCCn1nnc2cc(S(=O)(=O)N3CCC[C@@H]3C(=O)NCc3cccc(C)c3)ccc21. The number of nitrogens with one attached hydrogen (secondary N) is 1.